The average Bonchev–Trinajstić information content (AvgIpc) is 2.83. The van der Waals surface area contributed by atoms with Crippen LogP contribution in [0.3, 0.4) is 0 Å². The fourth-order valence-electron chi connectivity index (χ4n) is 2.34. The van der Waals surface area contributed by atoms with Crippen LogP contribution in [0.25, 0.3) is 16.7 Å². The minimum atomic E-state index is 0.151. The number of aliphatic hydroxyl groups excluding tert-OH is 1. The zero-order chi connectivity index (χ0) is 13.9. The molecule has 0 radical (unpaired) electrons. The predicted molar refractivity (Wildman–Crippen MR) is 78.7 cm³/mol. The van der Waals surface area contributed by atoms with Gasteiger partial charge in [-0.25, -0.2) is 4.98 Å². The molecular weight excluding hydrogens is 252 g/mol. The Labute approximate surface area is 116 Å². The van der Waals surface area contributed by atoms with E-state index in [9.17, 15) is 0 Å². The van der Waals surface area contributed by atoms with Gasteiger partial charge in [0.2, 0.25) is 0 Å². The highest BCUT2D eigenvalue weighted by atomic mass is 16.2. The van der Waals surface area contributed by atoms with Crippen LogP contribution in [-0.2, 0) is 6.42 Å². The maximum absolute atomic E-state index is 9.04. The average molecular weight is 268 g/mol. The maximum atomic E-state index is 9.04. The minimum Gasteiger partial charge on any atom is -0.397 e. The molecule has 102 valence electrons. The SMILES string of the molecule is Nc1cncc(-n2c(CCCO)nc3ccccc32)c1. The zero-order valence-corrected chi connectivity index (χ0v) is 11.0. The number of nitrogens with two attached hydrogens (primary N) is 1. The quantitative estimate of drug-likeness (QED) is 0.758. The van der Waals surface area contributed by atoms with E-state index in [1.54, 1.807) is 12.4 Å². The van der Waals surface area contributed by atoms with E-state index in [2.05, 4.69) is 9.97 Å². The Bertz CT molecular complexity index is 736. The molecule has 1 aromatic carbocycles. The number of aryl methyl sites for hydroxylation is 1. The number of imidazole rings is 1. The number of nitrogens with zero attached hydrogens (tertiary/aromatic N) is 3. The second-order valence-corrected chi connectivity index (χ2v) is 4.66. The monoisotopic (exact) mass is 268 g/mol. The first-order valence-electron chi connectivity index (χ1n) is 6.57. The topological polar surface area (TPSA) is 77.0 Å². The van der Waals surface area contributed by atoms with Crippen molar-refractivity contribution in [3.63, 3.8) is 0 Å². The molecule has 0 unspecified atom stereocenters. The molecule has 3 N–H and O–H groups in total. The third-order valence-electron chi connectivity index (χ3n) is 3.19. The van der Waals surface area contributed by atoms with E-state index in [-0.39, 0.29) is 6.61 Å². The van der Waals surface area contributed by atoms with Crippen molar-refractivity contribution in [3.8, 4) is 5.69 Å². The molecular formula is C15H16N4O. The van der Waals surface area contributed by atoms with Gasteiger partial charge in [0.25, 0.3) is 0 Å². The number of pyridine rings is 1. The van der Waals surface area contributed by atoms with Crippen molar-refractivity contribution < 1.29 is 5.11 Å². The molecule has 0 saturated heterocycles. The van der Waals surface area contributed by atoms with Crippen molar-refractivity contribution in [2.45, 2.75) is 12.8 Å². The Morgan fingerprint density at radius 1 is 1.20 bits per heavy atom. The van der Waals surface area contributed by atoms with Crippen LogP contribution < -0.4 is 5.73 Å². The van der Waals surface area contributed by atoms with E-state index < -0.39 is 0 Å². The molecule has 0 aliphatic heterocycles. The van der Waals surface area contributed by atoms with Crippen molar-refractivity contribution >= 4 is 16.7 Å². The van der Waals surface area contributed by atoms with Gasteiger partial charge in [0.1, 0.15) is 5.82 Å². The number of hydrogen-bond donors (Lipinski definition) is 2. The first-order valence-corrected chi connectivity index (χ1v) is 6.57. The van der Waals surface area contributed by atoms with Crippen molar-refractivity contribution in [1.29, 1.82) is 0 Å². The lowest BCUT2D eigenvalue weighted by Crippen LogP contribution is -2.03. The zero-order valence-electron chi connectivity index (χ0n) is 11.0. The smallest absolute Gasteiger partial charge is 0.114 e. The van der Waals surface area contributed by atoms with E-state index in [4.69, 9.17) is 10.8 Å². The molecule has 3 aromatic rings. The lowest BCUT2D eigenvalue weighted by molar-refractivity contribution is 0.287. The Morgan fingerprint density at radius 2 is 2.05 bits per heavy atom. The first-order chi connectivity index (χ1) is 9.79. The number of hydrogen-bond acceptors (Lipinski definition) is 4. The molecule has 2 aromatic heterocycles. The standard InChI is InChI=1S/C15H16N4O/c16-11-8-12(10-17-9-11)19-14-5-2-1-4-13(14)18-15(19)6-3-7-20/h1-2,4-5,8-10,20H,3,6-7,16H2. The first kappa shape index (κ1) is 12.6. The van der Waals surface area contributed by atoms with E-state index in [1.807, 2.05) is 34.9 Å². The normalized spacial score (nSPS) is 11.1. The summed E-state index contributed by atoms with van der Waals surface area (Å²) in [5, 5.41) is 9.04. The van der Waals surface area contributed by atoms with Crippen LogP contribution in [0.2, 0.25) is 0 Å². The fraction of sp³-hybridized carbons (Fsp3) is 0.200. The van der Waals surface area contributed by atoms with E-state index in [0.29, 0.717) is 18.5 Å². The highest BCUT2D eigenvalue weighted by Crippen LogP contribution is 2.22. The second kappa shape index (κ2) is 5.30. The van der Waals surface area contributed by atoms with Crippen LogP contribution in [0.5, 0.6) is 0 Å². The molecule has 0 aliphatic carbocycles. The number of anilines is 1. The molecule has 0 amide bonds. The third kappa shape index (κ3) is 2.23. The van der Waals surface area contributed by atoms with Crippen LogP contribution in [0, 0.1) is 0 Å². The summed E-state index contributed by atoms with van der Waals surface area (Å²) in [6.45, 7) is 0.151. The van der Waals surface area contributed by atoms with Crippen LogP contribution >= 0.6 is 0 Å². The van der Waals surface area contributed by atoms with Gasteiger partial charge in [-0.1, -0.05) is 12.1 Å². The van der Waals surface area contributed by atoms with Gasteiger partial charge in [-0.2, -0.15) is 0 Å². The second-order valence-electron chi connectivity index (χ2n) is 4.66. The molecule has 0 atom stereocenters. The molecule has 0 bridgehead atoms. The Morgan fingerprint density at radius 3 is 2.85 bits per heavy atom. The molecule has 2 heterocycles. The highest BCUT2D eigenvalue weighted by molar-refractivity contribution is 5.78. The number of nitrogen functional groups attached to an aromatic ring is 1. The predicted octanol–water partition coefficient (Wildman–Crippen LogP) is 1.93. The van der Waals surface area contributed by atoms with Gasteiger partial charge in [0.05, 0.1) is 28.6 Å². The largest absolute Gasteiger partial charge is 0.397 e. The summed E-state index contributed by atoms with van der Waals surface area (Å²) >= 11 is 0. The van der Waals surface area contributed by atoms with Crippen molar-refractivity contribution in [1.82, 2.24) is 14.5 Å². The van der Waals surface area contributed by atoms with Gasteiger partial charge in [-0.15, -0.1) is 0 Å². The number of fused-ring (bicyclic) bond motifs is 1. The van der Waals surface area contributed by atoms with Crippen LogP contribution in [0.15, 0.2) is 42.7 Å². The molecule has 5 heteroatoms. The van der Waals surface area contributed by atoms with Gasteiger partial charge in [0, 0.05) is 19.2 Å². The van der Waals surface area contributed by atoms with Crippen LogP contribution in [0.1, 0.15) is 12.2 Å². The van der Waals surface area contributed by atoms with Gasteiger partial charge >= 0.3 is 0 Å². The lowest BCUT2D eigenvalue weighted by atomic mass is 10.3. The lowest BCUT2D eigenvalue weighted by Gasteiger charge is -2.09. The van der Waals surface area contributed by atoms with Gasteiger partial charge in [-0.05, 0) is 24.6 Å². The maximum Gasteiger partial charge on any atom is 0.114 e. The summed E-state index contributed by atoms with van der Waals surface area (Å²) in [5.41, 5.74) is 9.29. The van der Waals surface area contributed by atoms with E-state index in [0.717, 1.165) is 22.5 Å². The number of aliphatic hydroxyl groups is 1. The summed E-state index contributed by atoms with van der Waals surface area (Å²) in [6.07, 6.45) is 4.78. The summed E-state index contributed by atoms with van der Waals surface area (Å²) in [4.78, 5) is 8.78. The van der Waals surface area contributed by atoms with E-state index in [1.165, 1.54) is 0 Å². The van der Waals surface area contributed by atoms with Crippen molar-refractivity contribution in [3.05, 3.63) is 48.5 Å². The minimum absolute atomic E-state index is 0.151. The van der Waals surface area contributed by atoms with Gasteiger partial charge in [0.15, 0.2) is 0 Å². The summed E-state index contributed by atoms with van der Waals surface area (Å²) in [6, 6.07) is 9.83. The molecule has 3 rings (SSSR count). The molecule has 0 fully saturated rings. The molecule has 0 aliphatic rings. The molecule has 20 heavy (non-hydrogen) atoms. The van der Waals surface area contributed by atoms with Crippen molar-refractivity contribution in [2.24, 2.45) is 0 Å². The van der Waals surface area contributed by atoms with Gasteiger partial charge < -0.3 is 10.8 Å². The highest BCUT2D eigenvalue weighted by Gasteiger charge is 2.12. The van der Waals surface area contributed by atoms with Gasteiger partial charge in [-0.3, -0.25) is 9.55 Å². The van der Waals surface area contributed by atoms with E-state index >= 15 is 0 Å². The molecule has 0 spiro atoms. The number of rotatable bonds is 4. The number of aromatic nitrogens is 3. The van der Waals surface area contributed by atoms with Crippen LogP contribution in [0.4, 0.5) is 5.69 Å². The summed E-state index contributed by atoms with van der Waals surface area (Å²) < 4.78 is 2.05. The summed E-state index contributed by atoms with van der Waals surface area (Å²) in [5.74, 6) is 0.910. The number of benzene rings is 1. The molecule has 0 saturated carbocycles. The fourth-order valence-corrected chi connectivity index (χ4v) is 2.34. The third-order valence-corrected chi connectivity index (χ3v) is 3.19. The Kier molecular flexibility index (Phi) is 3.35. The number of para-hydroxylation sites is 2. The summed E-state index contributed by atoms with van der Waals surface area (Å²) in [7, 11) is 0. The Balaban J connectivity index is 2.20. The van der Waals surface area contributed by atoms with Crippen LogP contribution in [-0.4, -0.2) is 26.2 Å². The Hall–Kier alpha value is -2.40. The van der Waals surface area contributed by atoms with Crippen molar-refractivity contribution in [2.75, 3.05) is 12.3 Å². The molecule has 5 nitrogen and oxygen atoms in total.